The molecule has 0 fully saturated rings. The fourth-order valence-electron chi connectivity index (χ4n) is 8.34. The number of benzene rings is 6. The van der Waals surface area contributed by atoms with E-state index in [1.54, 1.807) is 0 Å². The van der Waals surface area contributed by atoms with E-state index in [0.29, 0.717) is 5.92 Å². The minimum atomic E-state index is -0.0359. The number of rotatable bonds is 3. The summed E-state index contributed by atoms with van der Waals surface area (Å²) >= 11 is 0. The molecule has 220 valence electrons. The molecule has 0 bridgehead atoms. The van der Waals surface area contributed by atoms with Gasteiger partial charge >= 0.3 is 0 Å². The average molecular weight is 589 g/mol. The molecule has 0 amide bonds. The summed E-state index contributed by atoms with van der Waals surface area (Å²) in [5, 5.41) is 5.24. The summed E-state index contributed by atoms with van der Waals surface area (Å²) in [6, 6.07) is 47.9. The third-order valence-electron chi connectivity index (χ3n) is 10.7. The van der Waals surface area contributed by atoms with Gasteiger partial charge in [-0.1, -0.05) is 153 Å². The molecule has 0 radical (unpaired) electrons. The van der Waals surface area contributed by atoms with Crippen LogP contribution in [-0.4, -0.2) is 0 Å². The molecule has 0 saturated carbocycles. The molecule has 6 aromatic carbocycles. The Labute approximate surface area is 271 Å². The van der Waals surface area contributed by atoms with Crippen molar-refractivity contribution in [2.45, 2.75) is 32.6 Å². The summed E-state index contributed by atoms with van der Waals surface area (Å²) in [5.41, 5.74) is 16.3. The van der Waals surface area contributed by atoms with Crippen LogP contribution in [0.1, 0.15) is 48.1 Å². The third-order valence-corrected chi connectivity index (χ3v) is 10.7. The summed E-state index contributed by atoms with van der Waals surface area (Å²) in [7, 11) is 0. The molecule has 9 rings (SSSR count). The van der Waals surface area contributed by atoms with Crippen LogP contribution in [0.5, 0.6) is 0 Å². The van der Waals surface area contributed by atoms with Crippen molar-refractivity contribution in [2.24, 2.45) is 5.92 Å². The summed E-state index contributed by atoms with van der Waals surface area (Å²) < 4.78 is 0. The van der Waals surface area contributed by atoms with E-state index in [1.165, 1.54) is 88.0 Å². The van der Waals surface area contributed by atoms with E-state index in [0.717, 1.165) is 6.42 Å². The van der Waals surface area contributed by atoms with Crippen LogP contribution in [0.15, 0.2) is 151 Å². The molecule has 6 aromatic rings. The van der Waals surface area contributed by atoms with Gasteiger partial charge in [-0.2, -0.15) is 0 Å². The van der Waals surface area contributed by atoms with Crippen molar-refractivity contribution in [1.29, 1.82) is 0 Å². The predicted molar refractivity (Wildman–Crippen MR) is 194 cm³/mol. The first-order valence-corrected chi connectivity index (χ1v) is 16.5. The molecule has 3 aliphatic rings. The highest BCUT2D eigenvalue weighted by molar-refractivity contribution is 5.92. The molecule has 0 heteroatoms. The van der Waals surface area contributed by atoms with Crippen LogP contribution in [0, 0.1) is 12.8 Å². The Morgan fingerprint density at radius 3 is 2.04 bits per heavy atom. The van der Waals surface area contributed by atoms with Crippen LogP contribution in [0.4, 0.5) is 0 Å². The quantitative estimate of drug-likeness (QED) is 0.193. The Kier molecular flexibility index (Phi) is 5.99. The van der Waals surface area contributed by atoms with Gasteiger partial charge in [0.2, 0.25) is 0 Å². The van der Waals surface area contributed by atoms with Gasteiger partial charge in [-0.15, -0.1) is 0 Å². The first-order chi connectivity index (χ1) is 22.5. The Balaban J connectivity index is 1.22. The highest BCUT2D eigenvalue weighted by Crippen LogP contribution is 2.50. The third kappa shape index (κ3) is 4.06. The second-order valence-corrected chi connectivity index (χ2v) is 13.7. The Hall–Kier alpha value is -5.20. The SMILES string of the molecule is Cc1ccc2c(c1)C(C)(C)c1cc(C3=c4ccccc4=C(c4ccc(-c5ccc6ccccc6c5)cc4)C4CC=CC=C34)ccc1-2. The maximum Gasteiger partial charge on any atom is 0.0159 e. The van der Waals surface area contributed by atoms with Crippen molar-refractivity contribution in [1.82, 2.24) is 0 Å². The number of allylic oxidation sites excluding steroid dienone is 4. The molecule has 0 aliphatic heterocycles. The van der Waals surface area contributed by atoms with Crippen molar-refractivity contribution in [3.63, 3.8) is 0 Å². The van der Waals surface area contributed by atoms with Crippen LogP contribution in [0.25, 0.3) is 44.2 Å². The maximum absolute atomic E-state index is 2.50. The van der Waals surface area contributed by atoms with Crippen molar-refractivity contribution in [2.75, 3.05) is 0 Å². The maximum atomic E-state index is 2.50. The lowest BCUT2D eigenvalue weighted by molar-refractivity contribution is 0.659. The lowest BCUT2D eigenvalue weighted by Gasteiger charge is -2.31. The lowest BCUT2D eigenvalue weighted by Crippen LogP contribution is -2.37. The van der Waals surface area contributed by atoms with Gasteiger partial charge in [-0.05, 0) is 108 Å². The largest absolute Gasteiger partial charge is 0.0836 e. The minimum Gasteiger partial charge on any atom is -0.0836 e. The van der Waals surface area contributed by atoms with Crippen LogP contribution in [0.3, 0.4) is 0 Å². The van der Waals surface area contributed by atoms with E-state index in [1.807, 2.05) is 0 Å². The molecule has 0 N–H and O–H groups in total. The fourth-order valence-corrected chi connectivity index (χ4v) is 8.34. The van der Waals surface area contributed by atoms with Crippen LogP contribution in [0.2, 0.25) is 0 Å². The topological polar surface area (TPSA) is 0 Å². The van der Waals surface area contributed by atoms with E-state index >= 15 is 0 Å². The normalized spacial score (nSPS) is 17.3. The Bertz CT molecular complexity index is 2410. The summed E-state index contributed by atoms with van der Waals surface area (Å²) in [6.45, 7) is 6.98. The molecular formula is C46H36. The molecule has 1 atom stereocenters. The summed E-state index contributed by atoms with van der Waals surface area (Å²) in [5.74, 6) is 0.308. The van der Waals surface area contributed by atoms with Gasteiger partial charge in [0.1, 0.15) is 0 Å². The van der Waals surface area contributed by atoms with E-state index in [-0.39, 0.29) is 5.41 Å². The zero-order valence-electron chi connectivity index (χ0n) is 26.6. The van der Waals surface area contributed by atoms with Gasteiger partial charge in [0.25, 0.3) is 0 Å². The molecule has 46 heavy (non-hydrogen) atoms. The van der Waals surface area contributed by atoms with Crippen molar-refractivity contribution in [3.8, 4) is 22.3 Å². The van der Waals surface area contributed by atoms with Crippen molar-refractivity contribution < 1.29 is 0 Å². The standard InChI is InChI=1S/C46H36/c1-29-16-24-36-37-25-23-35(28-43(37)46(2,3)42(36)26-29)45-40-14-8-6-12-38(40)44(39-13-7-9-15-41(39)45)32-20-17-31(18-21-32)34-22-19-30-10-4-5-11-33(30)27-34/h4-12,14-28,39H,13H2,1-3H3. The molecular weight excluding hydrogens is 553 g/mol. The number of fused-ring (bicyclic) bond motifs is 6. The van der Waals surface area contributed by atoms with Crippen molar-refractivity contribution >= 4 is 21.9 Å². The molecule has 0 aromatic heterocycles. The van der Waals surface area contributed by atoms with Crippen molar-refractivity contribution in [3.05, 3.63) is 189 Å². The Morgan fingerprint density at radius 1 is 0.565 bits per heavy atom. The first kappa shape index (κ1) is 27.1. The van der Waals surface area contributed by atoms with Crippen LogP contribution < -0.4 is 10.4 Å². The van der Waals surface area contributed by atoms with Crippen LogP contribution >= 0.6 is 0 Å². The molecule has 1 unspecified atom stereocenters. The van der Waals surface area contributed by atoms with Gasteiger partial charge in [-0.3, -0.25) is 0 Å². The van der Waals surface area contributed by atoms with E-state index < -0.39 is 0 Å². The number of hydrogen-bond donors (Lipinski definition) is 0. The number of hydrogen-bond acceptors (Lipinski definition) is 0. The monoisotopic (exact) mass is 588 g/mol. The number of aryl methyl sites for hydroxylation is 1. The van der Waals surface area contributed by atoms with E-state index in [4.69, 9.17) is 0 Å². The zero-order valence-corrected chi connectivity index (χ0v) is 26.6. The molecule has 0 nitrogen and oxygen atoms in total. The predicted octanol–water partition coefficient (Wildman–Crippen LogP) is 10.0. The van der Waals surface area contributed by atoms with Gasteiger partial charge in [0.15, 0.2) is 0 Å². The zero-order chi connectivity index (χ0) is 31.0. The first-order valence-electron chi connectivity index (χ1n) is 16.5. The van der Waals surface area contributed by atoms with Gasteiger partial charge < -0.3 is 0 Å². The molecule has 0 saturated heterocycles. The Morgan fingerprint density at radius 2 is 1.22 bits per heavy atom. The smallest absolute Gasteiger partial charge is 0.0159 e. The summed E-state index contributed by atoms with van der Waals surface area (Å²) in [6.07, 6.45) is 7.98. The summed E-state index contributed by atoms with van der Waals surface area (Å²) in [4.78, 5) is 0. The van der Waals surface area contributed by atoms with Gasteiger partial charge in [0, 0.05) is 11.3 Å². The van der Waals surface area contributed by atoms with E-state index in [9.17, 15) is 0 Å². The highest BCUT2D eigenvalue weighted by atomic mass is 14.4. The minimum absolute atomic E-state index is 0.0359. The molecule has 0 heterocycles. The average Bonchev–Trinajstić information content (AvgIpc) is 3.31. The fraction of sp³-hybridized carbons (Fsp3) is 0.130. The second-order valence-electron chi connectivity index (χ2n) is 13.7. The second kappa shape index (κ2) is 10.2. The van der Waals surface area contributed by atoms with Crippen LogP contribution in [-0.2, 0) is 5.41 Å². The highest BCUT2D eigenvalue weighted by Gasteiger charge is 2.36. The molecule has 0 spiro atoms. The van der Waals surface area contributed by atoms with Gasteiger partial charge in [-0.25, -0.2) is 0 Å². The lowest BCUT2D eigenvalue weighted by atomic mass is 9.72. The van der Waals surface area contributed by atoms with Gasteiger partial charge in [0.05, 0.1) is 0 Å². The molecule has 3 aliphatic carbocycles. The van der Waals surface area contributed by atoms with E-state index in [2.05, 4.69) is 166 Å².